The topological polar surface area (TPSA) is 40.5 Å². The van der Waals surface area contributed by atoms with Crippen molar-refractivity contribution in [1.29, 1.82) is 0 Å². The van der Waals surface area contributed by atoms with Crippen LogP contribution in [0.25, 0.3) is 0 Å². The summed E-state index contributed by atoms with van der Waals surface area (Å²) in [5, 5.41) is 8.74. The van der Waals surface area contributed by atoms with Gasteiger partial charge in [-0.1, -0.05) is 13.3 Å². The van der Waals surface area contributed by atoms with Crippen LogP contribution in [0.4, 0.5) is 0 Å². The third-order valence-electron chi connectivity index (χ3n) is 5.33. The highest BCUT2D eigenvalue weighted by atomic mass is 16.4. The maximum Gasteiger partial charge on any atom is 0.303 e. The molecule has 0 amide bonds. The number of nitrogens with zero attached hydrogens (tertiary/aromatic N) is 1. The lowest BCUT2D eigenvalue weighted by molar-refractivity contribution is -0.137. The fourth-order valence-corrected chi connectivity index (χ4v) is 3.85. The molecule has 0 radical (unpaired) electrons. The highest BCUT2D eigenvalue weighted by Gasteiger charge is 2.28. The first kappa shape index (κ1) is 14.8. The fourth-order valence-electron chi connectivity index (χ4n) is 3.85. The zero-order valence-electron chi connectivity index (χ0n) is 12.3. The highest BCUT2D eigenvalue weighted by molar-refractivity contribution is 5.66. The predicted molar refractivity (Wildman–Crippen MR) is 77.2 cm³/mol. The van der Waals surface area contributed by atoms with Gasteiger partial charge < -0.3 is 10.0 Å². The second-order valence-corrected chi connectivity index (χ2v) is 6.49. The molecule has 2 fully saturated rings. The average molecular weight is 267 g/mol. The Morgan fingerprint density at radius 2 is 1.68 bits per heavy atom. The van der Waals surface area contributed by atoms with Crippen LogP contribution < -0.4 is 0 Å². The number of piperidine rings is 1. The van der Waals surface area contributed by atoms with Gasteiger partial charge in [-0.05, 0) is 69.9 Å². The second-order valence-electron chi connectivity index (χ2n) is 6.49. The molecule has 0 aromatic carbocycles. The van der Waals surface area contributed by atoms with E-state index in [4.69, 9.17) is 5.11 Å². The van der Waals surface area contributed by atoms with Gasteiger partial charge in [0.2, 0.25) is 0 Å². The van der Waals surface area contributed by atoms with Crippen LogP contribution in [0, 0.1) is 11.8 Å². The molecule has 3 heteroatoms. The van der Waals surface area contributed by atoms with E-state index in [1.807, 2.05) is 0 Å². The maximum absolute atomic E-state index is 10.6. The highest BCUT2D eigenvalue weighted by Crippen LogP contribution is 2.32. The molecule has 110 valence electrons. The zero-order chi connectivity index (χ0) is 13.7. The number of carboxylic acid groups (broad SMARTS) is 1. The third kappa shape index (κ3) is 4.48. The van der Waals surface area contributed by atoms with Crippen molar-refractivity contribution < 1.29 is 9.90 Å². The molecule has 1 saturated heterocycles. The first-order chi connectivity index (χ1) is 9.19. The van der Waals surface area contributed by atoms with Crippen LogP contribution in [0.5, 0.6) is 0 Å². The Labute approximate surface area is 117 Å². The summed E-state index contributed by atoms with van der Waals surface area (Å²) < 4.78 is 0. The molecule has 0 bridgehead atoms. The normalized spacial score (nSPS) is 30.4. The Morgan fingerprint density at radius 3 is 2.21 bits per heavy atom. The van der Waals surface area contributed by atoms with E-state index in [2.05, 4.69) is 11.8 Å². The molecule has 0 atom stereocenters. The lowest BCUT2D eigenvalue weighted by Gasteiger charge is -2.40. The molecule has 19 heavy (non-hydrogen) atoms. The SMILES string of the molecule is CCC1CCC(N2CCC(CCC(=O)O)CC2)CC1. The van der Waals surface area contributed by atoms with Crippen LogP contribution in [0.15, 0.2) is 0 Å². The number of carbonyl (C=O) groups is 1. The third-order valence-corrected chi connectivity index (χ3v) is 5.33. The van der Waals surface area contributed by atoms with Gasteiger partial charge in [-0.3, -0.25) is 4.79 Å². The monoisotopic (exact) mass is 267 g/mol. The summed E-state index contributed by atoms with van der Waals surface area (Å²) in [6.45, 7) is 4.72. The van der Waals surface area contributed by atoms with E-state index in [0.29, 0.717) is 12.3 Å². The first-order valence-electron chi connectivity index (χ1n) is 8.15. The van der Waals surface area contributed by atoms with Crippen molar-refractivity contribution in [3.63, 3.8) is 0 Å². The molecular weight excluding hydrogens is 238 g/mol. The van der Waals surface area contributed by atoms with Gasteiger partial charge in [0.05, 0.1) is 0 Å². The van der Waals surface area contributed by atoms with E-state index < -0.39 is 5.97 Å². The van der Waals surface area contributed by atoms with Crippen molar-refractivity contribution in [1.82, 2.24) is 4.90 Å². The second kappa shape index (κ2) is 7.28. The molecule has 0 spiro atoms. The largest absolute Gasteiger partial charge is 0.481 e. The van der Waals surface area contributed by atoms with Gasteiger partial charge in [0, 0.05) is 12.5 Å². The maximum atomic E-state index is 10.6. The van der Waals surface area contributed by atoms with Crippen LogP contribution in [0.2, 0.25) is 0 Å². The summed E-state index contributed by atoms with van der Waals surface area (Å²) >= 11 is 0. The van der Waals surface area contributed by atoms with Gasteiger partial charge in [-0.2, -0.15) is 0 Å². The lowest BCUT2D eigenvalue weighted by Crippen LogP contribution is -2.43. The van der Waals surface area contributed by atoms with E-state index in [0.717, 1.165) is 18.4 Å². The molecule has 0 aromatic rings. The Morgan fingerprint density at radius 1 is 1.05 bits per heavy atom. The Kier molecular flexibility index (Phi) is 5.68. The quantitative estimate of drug-likeness (QED) is 0.828. The van der Waals surface area contributed by atoms with Crippen LogP contribution in [0.3, 0.4) is 0 Å². The molecule has 0 unspecified atom stereocenters. The average Bonchev–Trinajstić information content (AvgIpc) is 2.46. The molecule has 1 N–H and O–H groups in total. The van der Waals surface area contributed by atoms with Crippen LogP contribution in [0.1, 0.15) is 64.7 Å². The van der Waals surface area contributed by atoms with Crippen molar-refractivity contribution in [3.8, 4) is 0 Å². The summed E-state index contributed by atoms with van der Waals surface area (Å²) in [6.07, 6.45) is 10.6. The van der Waals surface area contributed by atoms with Crippen molar-refractivity contribution in [2.75, 3.05) is 13.1 Å². The fraction of sp³-hybridized carbons (Fsp3) is 0.938. The van der Waals surface area contributed by atoms with Crippen LogP contribution in [-0.4, -0.2) is 35.1 Å². The molecule has 1 aliphatic carbocycles. The van der Waals surface area contributed by atoms with Crippen LogP contribution in [-0.2, 0) is 4.79 Å². The summed E-state index contributed by atoms with van der Waals surface area (Å²) in [5.41, 5.74) is 0. The first-order valence-corrected chi connectivity index (χ1v) is 8.15. The molecule has 2 rings (SSSR count). The van der Waals surface area contributed by atoms with Crippen molar-refractivity contribution in [3.05, 3.63) is 0 Å². The van der Waals surface area contributed by atoms with E-state index >= 15 is 0 Å². The van der Waals surface area contributed by atoms with Gasteiger partial charge in [-0.25, -0.2) is 0 Å². The predicted octanol–water partition coefficient (Wildman–Crippen LogP) is 3.53. The van der Waals surface area contributed by atoms with E-state index in [1.54, 1.807) is 0 Å². The summed E-state index contributed by atoms with van der Waals surface area (Å²) in [7, 11) is 0. The van der Waals surface area contributed by atoms with Crippen LogP contribution >= 0.6 is 0 Å². The van der Waals surface area contributed by atoms with Gasteiger partial charge in [0.1, 0.15) is 0 Å². The molecule has 3 nitrogen and oxygen atoms in total. The molecule has 0 aromatic heterocycles. The smallest absolute Gasteiger partial charge is 0.303 e. The van der Waals surface area contributed by atoms with E-state index in [-0.39, 0.29) is 0 Å². The zero-order valence-corrected chi connectivity index (χ0v) is 12.3. The Hall–Kier alpha value is -0.570. The molecule has 1 heterocycles. The minimum atomic E-state index is -0.639. The minimum Gasteiger partial charge on any atom is -0.481 e. The number of rotatable bonds is 5. The van der Waals surface area contributed by atoms with E-state index in [9.17, 15) is 4.79 Å². The number of likely N-dealkylation sites (tertiary alicyclic amines) is 1. The number of hydrogen-bond donors (Lipinski definition) is 1. The molecule has 1 saturated carbocycles. The molecule has 1 aliphatic heterocycles. The van der Waals surface area contributed by atoms with Gasteiger partial charge in [0.25, 0.3) is 0 Å². The Balaban J connectivity index is 1.67. The van der Waals surface area contributed by atoms with Gasteiger partial charge >= 0.3 is 5.97 Å². The summed E-state index contributed by atoms with van der Waals surface area (Å²) in [6, 6.07) is 0.822. The van der Waals surface area contributed by atoms with Gasteiger partial charge in [-0.15, -0.1) is 0 Å². The van der Waals surface area contributed by atoms with Crippen molar-refractivity contribution in [2.24, 2.45) is 11.8 Å². The number of hydrogen-bond acceptors (Lipinski definition) is 2. The lowest BCUT2D eigenvalue weighted by atomic mass is 9.82. The standard InChI is InChI=1S/C16H29NO2/c1-2-13-3-6-15(7-4-13)17-11-9-14(10-12-17)5-8-16(18)19/h13-15H,2-12H2,1H3,(H,18,19). The van der Waals surface area contributed by atoms with Crippen molar-refractivity contribution >= 4 is 5.97 Å². The Bertz CT molecular complexity index is 276. The summed E-state index contributed by atoms with van der Waals surface area (Å²) in [5.74, 6) is 0.990. The molecular formula is C16H29NO2. The van der Waals surface area contributed by atoms with Gasteiger partial charge in [0.15, 0.2) is 0 Å². The summed E-state index contributed by atoms with van der Waals surface area (Å²) in [4.78, 5) is 13.3. The molecule has 2 aliphatic rings. The van der Waals surface area contributed by atoms with Crippen molar-refractivity contribution in [2.45, 2.75) is 70.8 Å². The van der Waals surface area contributed by atoms with E-state index in [1.165, 1.54) is 58.0 Å². The number of aliphatic carboxylic acids is 1. The minimum absolute atomic E-state index is 0.353. The number of carboxylic acids is 1.